The molecule has 0 amide bonds. The third-order valence-electron chi connectivity index (χ3n) is 2.71. The number of aromatic nitrogens is 2. The number of aromatic carboxylic acids is 1. The minimum absolute atomic E-state index is 0.149. The van der Waals surface area contributed by atoms with Gasteiger partial charge in [0.25, 0.3) is 0 Å². The summed E-state index contributed by atoms with van der Waals surface area (Å²) in [5, 5.41) is 8.78. The van der Waals surface area contributed by atoms with Crippen molar-refractivity contribution in [2.45, 2.75) is 0 Å². The second-order valence-electron chi connectivity index (χ2n) is 4.11. The van der Waals surface area contributed by atoms with Crippen molar-refractivity contribution in [2.75, 3.05) is 0 Å². The third kappa shape index (κ3) is 3.07. The van der Waals surface area contributed by atoms with Gasteiger partial charge in [0.15, 0.2) is 0 Å². The van der Waals surface area contributed by atoms with Crippen molar-refractivity contribution in [3.8, 4) is 0 Å². The van der Waals surface area contributed by atoms with E-state index in [4.69, 9.17) is 5.11 Å². The van der Waals surface area contributed by atoms with Crippen LogP contribution in [0.3, 0.4) is 0 Å². The highest BCUT2D eigenvalue weighted by Gasteiger charge is 2.08. The molecule has 4 rings (SSSR count). The summed E-state index contributed by atoms with van der Waals surface area (Å²) in [7, 11) is 0. The van der Waals surface area contributed by atoms with Gasteiger partial charge in [-0.3, -0.25) is 0 Å². The van der Waals surface area contributed by atoms with Gasteiger partial charge in [-0.25, -0.2) is 14.8 Å². The number of hydrogen-bond donors (Lipinski definition) is 1. The topological polar surface area (TPSA) is 63.1 Å². The third-order valence-corrected chi connectivity index (χ3v) is 4.55. The monoisotopic (exact) mass is 314 g/mol. The van der Waals surface area contributed by atoms with E-state index >= 15 is 0 Å². The Hall–Kier alpha value is -2.31. The maximum atomic E-state index is 10.5. The van der Waals surface area contributed by atoms with Crippen LogP contribution in [0.4, 0.5) is 0 Å². The summed E-state index contributed by atoms with van der Waals surface area (Å²) in [6.07, 6.45) is 0. The number of nitrogens with zero attached hydrogens (tertiary/aromatic N) is 2. The molecule has 0 aliphatic heterocycles. The first-order valence-corrected chi connectivity index (χ1v) is 7.81. The molecule has 0 bridgehead atoms. The number of thiazole rings is 2. The smallest absolute Gasteiger partial charge is 0.365 e. The Morgan fingerprint density at radius 3 is 2.29 bits per heavy atom. The molecular formula is C15H10N2O2S2. The van der Waals surface area contributed by atoms with Crippen LogP contribution < -0.4 is 0 Å². The van der Waals surface area contributed by atoms with E-state index in [2.05, 4.69) is 16.0 Å². The van der Waals surface area contributed by atoms with E-state index in [0.29, 0.717) is 0 Å². The molecule has 1 N–H and O–H groups in total. The fourth-order valence-electron chi connectivity index (χ4n) is 1.77. The largest absolute Gasteiger partial charge is 0.476 e. The average molecular weight is 314 g/mol. The predicted molar refractivity (Wildman–Crippen MR) is 86.2 cm³/mol. The molecular weight excluding hydrogens is 304 g/mol. The minimum Gasteiger partial charge on any atom is -0.476 e. The van der Waals surface area contributed by atoms with Gasteiger partial charge in [0.1, 0.15) is 0 Å². The van der Waals surface area contributed by atoms with Crippen molar-refractivity contribution in [1.29, 1.82) is 0 Å². The Morgan fingerprint density at radius 2 is 1.62 bits per heavy atom. The second kappa shape index (κ2) is 5.99. The van der Waals surface area contributed by atoms with Crippen molar-refractivity contribution in [2.24, 2.45) is 0 Å². The standard InChI is InChI=1S/C8H5NO2S.C7H5NS/c10-8(11)7-9-5-3-1-2-4-6(5)12-7;1-2-4-7-6(3-1)8-5-9-7/h1-4H,(H,10,11);1-5H. The molecule has 0 fully saturated rings. The van der Waals surface area contributed by atoms with Crippen LogP contribution >= 0.6 is 22.7 Å². The molecule has 2 heterocycles. The van der Waals surface area contributed by atoms with Crippen LogP contribution in [0, 0.1) is 0 Å². The van der Waals surface area contributed by atoms with Crippen LogP contribution in [-0.4, -0.2) is 21.0 Å². The molecule has 104 valence electrons. The molecule has 0 saturated carbocycles. The number of benzene rings is 2. The number of para-hydroxylation sites is 2. The zero-order valence-corrected chi connectivity index (χ0v) is 12.4. The molecule has 2 aromatic carbocycles. The van der Waals surface area contributed by atoms with Crippen LogP contribution in [0.15, 0.2) is 54.0 Å². The summed E-state index contributed by atoms with van der Waals surface area (Å²) >= 11 is 2.87. The van der Waals surface area contributed by atoms with Gasteiger partial charge in [-0.05, 0) is 24.3 Å². The molecule has 0 aliphatic carbocycles. The van der Waals surface area contributed by atoms with E-state index in [1.807, 2.05) is 41.9 Å². The molecule has 2 aromatic heterocycles. The molecule has 0 unspecified atom stereocenters. The first-order valence-electron chi connectivity index (χ1n) is 6.11. The van der Waals surface area contributed by atoms with Gasteiger partial charge < -0.3 is 5.11 Å². The van der Waals surface area contributed by atoms with Crippen molar-refractivity contribution in [1.82, 2.24) is 9.97 Å². The molecule has 6 heteroatoms. The quantitative estimate of drug-likeness (QED) is 0.569. The lowest BCUT2D eigenvalue weighted by Gasteiger charge is -1.80. The summed E-state index contributed by atoms with van der Waals surface area (Å²) < 4.78 is 2.17. The summed E-state index contributed by atoms with van der Waals surface area (Å²) in [4.78, 5) is 18.6. The predicted octanol–water partition coefficient (Wildman–Crippen LogP) is 4.29. The lowest BCUT2D eigenvalue weighted by Crippen LogP contribution is -1.93. The van der Waals surface area contributed by atoms with Crippen LogP contribution in [0.2, 0.25) is 0 Å². The van der Waals surface area contributed by atoms with Crippen molar-refractivity contribution < 1.29 is 9.90 Å². The van der Waals surface area contributed by atoms with Gasteiger partial charge in [0.05, 0.1) is 25.9 Å². The maximum Gasteiger partial charge on any atom is 0.365 e. The minimum atomic E-state index is -0.962. The zero-order valence-electron chi connectivity index (χ0n) is 10.8. The van der Waals surface area contributed by atoms with Gasteiger partial charge in [0, 0.05) is 0 Å². The Labute approximate surface area is 128 Å². The van der Waals surface area contributed by atoms with E-state index in [1.54, 1.807) is 17.4 Å². The Balaban J connectivity index is 0.000000131. The van der Waals surface area contributed by atoms with E-state index in [-0.39, 0.29) is 5.01 Å². The fraction of sp³-hybridized carbons (Fsp3) is 0. The van der Waals surface area contributed by atoms with Crippen molar-refractivity contribution >= 4 is 49.1 Å². The summed E-state index contributed by atoms with van der Waals surface area (Å²) in [5.41, 5.74) is 3.72. The number of rotatable bonds is 1. The van der Waals surface area contributed by atoms with E-state index in [0.717, 1.165) is 15.7 Å². The Kier molecular flexibility index (Phi) is 3.89. The summed E-state index contributed by atoms with van der Waals surface area (Å²) in [6.45, 7) is 0. The second-order valence-corrected chi connectivity index (χ2v) is 6.03. The van der Waals surface area contributed by atoms with Gasteiger partial charge >= 0.3 is 5.97 Å². The fourth-order valence-corrected chi connectivity index (χ4v) is 3.25. The number of carboxylic acids is 1. The lowest BCUT2D eigenvalue weighted by molar-refractivity contribution is 0.0696. The van der Waals surface area contributed by atoms with Crippen LogP contribution in [0.25, 0.3) is 20.4 Å². The van der Waals surface area contributed by atoms with Gasteiger partial charge in [-0.1, -0.05) is 24.3 Å². The van der Waals surface area contributed by atoms with Crippen LogP contribution in [0.1, 0.15) is 9.80 Å². The number of hydrogen-bond acceptors (Lipinski definition) is 5. The summed E-state index contributed by atoms with van der Waals surface area (Å²) in [5.74, 6) is -0.962. The van der Waals surface area contributed by atoms with Gasteiger partial charge in [0.2, 0.25) is 5.01 Å². The SMILES string of the molecule is O=C(O)c1nc2ccccc2s1.c1ccc2scnc2c1. The lowest BCUT2D eigenvalue weighted by atomic mass is 10.3. The molecule has 0 radical (unpaired) electrons. The molecule has 0 spiro atoms. The first-order chi connectivity index (χ1) is 10.2. The van der Waals surface area contributed by atoms with Crippen LogP contribution in [-0.2, 0) is 0 Å². The first kappa shape index (κ1) is 13.7. The Morgan fingerprint density at radius 1 is 0.952 bits per heavy atom. The number of fused-ring (bicyclic) bond motifs is 2. The van der Waals surface area contributed by atoms with E-state index in [9.17, 15) is 4.79 Å². The highest BCUT2D eigenvalue weighted by molar-refractivity contribution is 7.20. The van der Waals surface area contributed by atoms with Gasteiger partial charge in [-0.15, -0.1) is 22.7 Å². The molecule has 0 aliphatic rings. The highest BCUT2D eigenvalue weighted by Crippen LogP contribution is 2.21. The number of carboxylic acid groups (broad SMARTS) is 1. The molecule has 4 nitrogen and oxygen atoms in total. The summed E-state index contributed by atoms with van der Waals surface area (Å²) in [6, 6.07) is 15.5. The van der Waals surface area contributed by atoms with E-state index in [1.165, 1.54) is 16.0 Å². The molecule has 21 heavy (non-hydrogen) atoms. The molecule has 0 saturated heterocycles. The maximum absolute atomic E-state index is 10.5. The molecule has 0 atom stereocenters. The number of carbonyl (C=O) groups is 1. The zero-order chi connectivity index (χ0) is 14.7. The van der Waals surface area contributed by atoms with Crippen LogP contribution in [0.5, 0.6) is 0 Å². The Bertz CT molecular complexity index is 835. The van der Waals surface area contributed by atoms with Crippen molar-refractivity contribution in [3.05, 3.63) is 59.0 Å². The molecule has 4 aromatic rings. The van der Waals surface area contributed by atoms with E-state index < -0.39 is 5.97 Å². The van der Waals surface area contributed by atoms with Gasteiger partial charge in [-0.2, -0.15) is 0 Å². The average Bonchev–Trinajstić information content (AvgIpc) is 3.14. The van der Waals surface area contributed by atoms with Crippen molar-refractivity contribution in [3.63, 3.8) is 0 Å². The normalized spacial score (nSPS) is 10.3. The highest BCUT2D eigenvalue weighted by atomic mass is 32.1.